The van der Waals surface area contributed by atoms with E-state index in [9.17, 15) is 0 Å². The minimum atomic E-state index is 0.00431. The smallest absolute Gasteiger partial charge is 0.240 e. The Morgan fingerprint density at radius 1 is 1.39 bits per heavy atom. The lowest BCUT2D eigenvalue weighted by Crippen LogP contribution is -2.20. The van der Waals surface area contributed by atoms with Crippen molar-refractivity contribution in [2.75, 3.05) is 13.7 Å². The third-order valence-corrected chi connectivity index (χ3v) is 3.49. The first-order valence-corrected chi connectivity index (χ1v) is 6.93. The maximum Gasteiger partial charge on any atom is 0.240 e. The Bertz CT molecular complexity index is 348. The summed E-state index contributed by atoms with van der Waals surface area (Å²) in [6.45, 7) is 3.32. The summed E-state index contributed by atoms with van der Waals surface area (Å²) in [5, 5.41) is 7.09. The summed E-state index contributed by atoms with van der Waals surface area (Å²) >= 11 is 0. The van der Waals surface area contributed by atoms with E-state index >= 15 is 0 Å². The molecule has 0 bridgehead atoms. The second-order valence-corrected chi connectivity index (χ2v) is 4.85. The van der Waals surface area contributed by atoms with E-state index in [2.05, 4.69) is 15.5 Å². The fourth-order valence-electron chi connectivity index (χ4n) is 2.64. The van der Waals surface area contributed by atoms with E-state index in [1.165, 1.54) is 32.1 Å². The van der Waals surface area contributed by atoms with Gasteiger partial charge in [-0.3, -0.25) is 0 Å². The minimum Gasteiger partial charge on any atom is -0.370 e. The number of hydrogen-bond donors (Lipinski definition) is 1. The Balaban J connectivity index is 2.06. The summed E-state index contributed by atoms with van der Waals surface area (Å²) in [5.74, 6) is 1.89. The molecule has 0 spiro atoms. The van der Waals surface area contributed by atoms with Crippen LogP contribution in [0.15, 0.2) is 4.52 Å². The molecule has 0 aromatic carbocycles. The molecule has 1 N–H and O–H groups in total. The predicted octanol–water partition coefficient (Wildman–Crippen LogP) is 2.45. The summed E-state index contributed by atoms with van der Waals surface area (Å²) in [5.41, 5.74) is 0. The van der Waals surface area contributed by atoms with E-state index in [-0.39, 0.29) is 6.10 Å². The van der Waals surface area contributed by atoms with Crippen LogP contribution in [0.2, 0.25) is 0 Å². The Kier molecular flexibility index (Phi) is 5.13. The van der Waals surface area contributed by atoms with Gasteiger partial charge in [0.15, 0.2) is 0 Å². The van der Waals surface area contributed by atoms with E-state index in [4.69, 9.17) is 9.26 Å². The fourth-order valence-corrected chi connectivity index (χ4v) is 2.64. The van der Waals surface area contributed by atoms with Crippen LogP contribution in [0.3, 0.4) is 0 Å². The van der Waals surface area contributed by atoms with Crippen LogP contribution in [0.1, 0.15) is 56.8 Å². The normalized spacial score (nSPS) is 19.0. The van der Waals surface area contributed by atoms with Crippen molar-refractivity contribution in [1.82, 2.24) is 15.5 Å². The van der Waals surface area contributed by atoms with Crippen LogP contribution in [-0.2, 0) is 11.3 Å². The molecule has 0 saturated heterocycles. The molecule has 102 valence electrons. The third-order valence-electron chi connectivity index (χ3n) is 3.49. The fraction of sp³-hybridized carbons (Fsp3) is 0.846. The highest BCUT2D eigenvalue weighted by Crippen LogP contribution is 2.35. The molecule has 1 fully saturated rings. The number of hydrogen-bond acceptors (Lipinski definition) is 5. The van der Waals surface area contributed by atoms with Gasteiger partial charge in [0, 0.05) is 6.61 Å². The largest absolute Gasteiger partial charge is 0.370 e. The van der Waals surface area contributed by atoms with E-state index in [0.717, 1.165) is 0 Å². The van der Waals surface area contributed by atoms with Crippen LogP contribution in [0.5, 0.6) is 0 Å². The van der Waals surface area contributed by atoms with Crippen molar-refractivity contribution in [2.45, 2.75) is 51.7 Å². The van der Waals surface area contributed by atoms with Gasteiger partial charge < -0.3 is 14.6 Å². The molecule has 1 atom stereocenters. The van der Waals surface area contributed by atoms with Crippen molar-refractivity contribution in [2.24, 2.45) is 5.92 Å². The SMILES string of the molecule is CCOC(c1noc(CNC)n1)C1CCCCC1. The molecule has 1 unspecified atom stereocenters. The van der Waals surface area contributed by atoms with Gasteiger partial charge in [0.05, 0.1) is 6.54 Å². The molecule has 2 rings (SSSR count). The Morgan fingerprint density at radius 2 is 2.17 bits per heavy atom. The van der Waals surface area contributed by atoms with Crippen molar-refractivity contribution in [3.8, 4) is 0 Å². The zero-order valence-electron chi connectivity index (χ0n) is 11.3. The molecule has 1 aromatic rings. The molecule has 0 amide bonds. The molecule has 1 aromatic heterocycles. The lowest BCUT2D eigenvalue weighted by atomic mass is 9.85. The monoisotopic (exact) mass is 253 g/mol. The minimum absolute atomic E-state index is 0.00431. The van der Waals surface area contributed by atoms with Crippen LogP contribution < -0.4 is 5.32 Å². The number of rotatable bonds is 6. The van der Waals surface area contributed by atoms with Crippen molar-refractivity contribution in [3.63, 3.8) is 0 Å². The first-order chi connectivity index (χ1) is 8.85. The first-order valence-electron chi connectivity index (χ1n) is 6.93. The standard InChI is InChI=1S/C13H23N3O2/c1-3-17-12(10-7-5-4-6-8-10)13-15-11(9-14-2)18-16-13/h10,12,14H,3-9H2,1-2H3. The van der Waals surface area contributed by atoms with Crippen LogP contribution in [0.25, 0.3) is 0 Å². The van der Waals surface area contributed by atoms with Gasteiger partial charge in [-0.05, 0) is 32.7 Å². The average molecular weight is 253 g/mol. The molecule has 1 heterocycles. The maximum atomic E-state index is 5.85. The second kappa shape index (κ2) is 6.85. The van der Waals surface area contributed by atoms with Crippen LogP contribution in [0, 0.1) is 5.92 Å². The lowest BCUT2D eigenvalue weighted by Gasteiger charge is -2.27. The van der Waals surface area contributed by atoms with Crippen LogP contribution >= 0.6 is 0 Å². The zero-order chi connectivity index (χ0) is 12.8. The molecule has 1 aliphatic rings. The molecule has 18 heavy (non-hydrogen) atoms. The molecule has 0 radical (unpaired) electrons. The van der Waals surface area contributed by atoms with Crippen molar-refractivity contribution >= 4 is 0 Å². The van der Waals surface area contributed by atoms with Crippen LogP contribution in [-0.4, -0.2) is 23.8 Å². The molecular formula is C13H23N3O2. The summed E-state index contributed by atoms with van der Waals surface area (Å²) < 4.78 is 11.1. The van der Waals surface area contributed by atoms with Gasteiger partial charge in [-0.25, -0.2) is 0 Å². The van der Waals surface area contributed by atoms with Gasteiger partial charge in [0.1, 0.15) is 6.10 Å². The van der Waals surface area contributed by atoms with Crippen molar-refractivity contribution in [3.05, 3.63) is 11.7 Å². The molecule has 0 aliphatic heterocycles. The van der Waals surface area contributed by atoms with Gasteiger partial charge in [-0.15, -0.1) is 0 Å². The second-order valence-electron chi connectivity index (χ2n) is 4.85. The average Bonchev–Trinajstić information content (AvgIpc) is 2.86. The van der Waals surface area contributed by atoms with Gasteiger partial charge in [-0.2, -0.15) is 4.98 Å². The number of ether oxygens (including phenoxy) is 1. The summed E-state index contributed by atoms with van der Waals surface area (Å²) in [7, 11) is 1.87. The number of aromatic nitrogens is 2. The van der Waals surface area contributed by atoms with Gasteiger partial charge in [0.2, 0.25) is 11.7 Å². The van der Waals surface area contributed by atoms with E-state index in [0.29, 0.717) is 30.8 Å². The summed E-state index contributed by atoms with van der Waals surface area (Å²) in [6.07, 6.45) is 6.34. The molecule has 1 saturated carbocycles. The van der Waals surface area contributed by atoms with Gasteiger partial charge >= 0.3 is 0 Å². The van der Waals surface area contributed by atoms with Crippen molar-refractivity contribution in [1.29, 1.82) is 0 Å². The molecule has 5 nitrogen and oxygen atoms in total. The molecule has 5 heteroatoms. The van der Waals surface area contributed by atoms with Crippen molar-refractivity contribution < 1.29 is 9.26 Å². The van der Waals surface area contributed by atoms with E-state index in [1.54, 1.807) is 0 Å². The van der Waals surface area contributed by atoms with E-state index in [1.807, 2.05) is 14.0 Å². The maximum absolute atomic E-state index is 5.85. The van der Waals surface area contributed by atoms with E-state index < -0.39 is 0 Å². The predicted molar refractivity (Wildman–Crippen MR) is 68.0 cm³/mol. The first kappa shape index (κ1) is 13.5. The zero-order valence-corrected chi connectivity index (χ0v) is 11.3. The number of nitrogens with zero attached hydrogens (tertiary/aromatic N) is 2. The van der Waals surface area contributed by atoms with Crippen LogP contribution in [0.4, 0.5) is 0 Å². The molecular weight excluding hydrogens is 230 g/mol. The lowest BCUT2D eigenvalue weighted by molar-refractivity contribution is -0.00145. The topological polar surface area (TPSA) is 60.2 Å². The van der Waals surface area contributed by atoms with Gasteiger partial charge in [0.25, 0.3) is 0 Å². The highest BCUT2D eigenvalue weighted by Gasteiger charge is 2.29. The summed E-state index contributed by atoms with van der Waals surface area (Å²) in [6, 6.07) is 0. The summed E-state index contributed by atoms with van der Waals surface area (Å²) in [4.78, 5) is 4.43. The Labute approximate surface area is 108 Å². The quantitative estimate of drug-likeness (QED) is 0.843. The Hall–Kier alpha value is -0.940. The highest BCUT2D eigenvalue weighted by atomic mass is 16.5. The third kappa shape index (κ3) is 3.29. The molecule has 1 aliphatic carbocycles. The Morgan fingerprint density at radius 3 is 2.83 bits per heavy atom. The highest BCUT2D eigenvalue weighted by molar-refractivity contribution is 4.95. The number of nitrogens with one attached hydrogen (secondary N) is 1. The van der Waals surface area contributed by atoms with Gasteiger partial charge in [-0.1, -0.05) is 24.4 Å².